The van der Waals surface area contributed by atoms with Gasteiger partial charge in [0.2, 0.25) is 10.0 Å². The van der Waals surface area contributed by atoms with Crippen molar-refractivity contribution in [2.75, 3.05) is 14.1 Å². The summed E-state index contributed by atoms with van der Waals surface area (Å²) in [5, 5.41) is 12.8. The summed E-state index contributed by atoms with van der Waals surface area (Å²) in [6.45, 7) is 0. The molecule has 0 saturated carbocycles. The highest BCUT2D eigenvalue weighted by Gasteiger charge is 2.22. The number of nitrogens with zero attached hydrogens (tertiary/aromatic N) is 3. The fraction of sp³-hybridized carbons (Fsp3) is 0.222. The van der Waals surface area contributed by atoms with E-state index in [1.54, 1.807) is 0 Å². The molecule has 0 heterocycles. The van der Waals surface area contributed by atoms with Gasteiger partial charge in [-0.1, -0.05) is 0 Å². The van der Waals surface area contributed by atoms with Crippen molar-refractivity contribution in [1.29, 1.82) is 0 Å². The highest BCUT2D eigenvalue weighted by Crippen LogP contribution is 2.30. The van der Waals surface area contributed by atoms with Crippen molar-refractivity contribution < 1.29 is 13.3 Å². The average molecular weight is 287 g/mol. The SMILES string of the molecule is CN(C)S(=O)(=O)c1ccc(N=C=S)c([N+](=O)[O-])c1. The number of hydrogen-bond acceptors (Lipinski definition) is 6. The Kier molecular flexibility index (Phi) is 4.25. The molecule has 0 aromatic heterocycles. The Bertz CT molecular complexity index is 633. The number of benzene rings is 1. The molecule has 0 aliphatic carbocycles. The number of thiocarbonyl (C=S) groups is 1. The molecular weight excluding hydrogens is 278 g/mol. The molecule has 96 valence electrons. The third-order valence-corrected chi connectivity index (χ3v) is 3.99. The second kappa shape index (κ2) is 5.32. The zero-order valence-electron chi connectivity index (χ0n) is 9.52. The molecule has 9 heteroatoms. The van der Waals surface area contributed by atoms with Gasteiger partial charge in [-0.2, -0.15) is 4.99 Å². The standard InChI is InChI=1S/C9H9N3O4S2/c1-11(2)18(15,16)7-3-4-8(10-6-17)9(5-7)12(13)14/h3-5H,1-2H3. The first-order valence-corrected chi connectivity index (χ1v) is 6.44. The fourth-order valence-corrected chi connectivity index (χ4v) is 2.19. The lowest BCUT2D eigenvalue weighted by molar-refractivity contribution is -0.384. The second-order valence-corrected chi connectivity index (χ2v) is 5.73. The summed E-state index contributed by atoms with van der Waals surface area (Å²) < 4.78 is 24.6. The largest absolute Gasteiger partial charge is 0.297 e. The average Bonchev–Trinajstić information content (AvgIpc) is 2.29. The van der Waals surface area contributed by atoms with E-state index in [1.165, 1.54) is 26.2 Å². The summed E-state index contributed by atoms with van der Waals surface area (Å²) in [4.78, 5) is 13.4. The number of sulfonamides is 1. The van der Waals surface area contributed by atoms with Gasteiger partial charge in [0.1, 0.15) is 0 Å². The molecule has 18 heavy (non-hydrogen) atoms. The van der Waals surface area contributed by atoms with Crippen LogP contribution in [-0.4, -0.2) is 36.9 Å². The van der Waals surface area contributed by atoms with E-state index < -0.39 is 20.6 Å². The van der Waals surface area contributed by atoms with Gasteiger partial charge in [0.25, 0.3) is 5.69 Å². The van der Waals surface area contributed by atoms with Crippen molar-refractivity contribution in [3.8, 4) is 0 Å². The van der Waals surface area contributed by atoms with E-state index in [0.29, 0.717) is 0 Å². The molecule has 0 atom stereocenters. The summed E-state index contributed by atoms with van der Waals surface area (Å²) in [5.41, 5.74) is -0.469. The highest BCUT2D eigenvalue weighted by molar-refractivity contribution is 7.89. The number of rotatable bonds is 4. The summed E-state index contributed by atoms with van der Waals surface area (Å²) >= 11 is 4.36. The normalized spacial score (nSPS) is 11.1. The van der Waals surface area contributed by atoms with Crippen LogP contribution in [0, 0.1) is 10.1 Å². The number of nitro groups is 1. The van der Waals surface area contributed by atoms with E-state index in [2.05, 4.69) is 17.2 Å². The van der Waals surface area contributed by atoms with Crippen LogP contribution >= 0.6 is 12.2 Å². The molecule has 0 aliphatic heterocycles. The number of isothiocyanates is 1. The zero-order valence-corrected chi connectivity index (χ0v) is 11.2. The zero-order chi connectivity index (χ0) is 13.9. The minimum Gasteiger partial charge on any atom is -0.258 e. The molecule has 0 aliphatic rings. The van der Waals surface area contributed by atoms with Gasteiger partial charge in [-0.15, -0.1) is 0 Å². The Balaban J connectivity index is 3.51. The first kappa shape index (κ1) is 14.4. The second-order valence-electron chi connectivity index (χ2n) is 3.40. The summed E-state index contributed by atoms with van der Waals surface area (Å²) in [6, 6.07) is 3.39. The fourth-order valence-electron chi connectivity index (χ4n) is 1.16. The van der Waals surface area contributed by atoms with E-state index >= 15 is 0 Å². The molecule has 0 unspecified atom stereocenters. The Morgan fingerprint density at radius 1 is 1.44 bits per heavy atom. The molecule has 0 spiro atoms. The van der Waals surface area contributed by atoms with Gasteiger partial charge < -0.3 is 0 Å². The maximum atomic E-state index is 11.8. The van der Waals surface area contributed by atoms with Crippen LogP contribution in [-0.2, 0) is 10.0 Å². The molecule has 0 radical (unpaired) electrons. The van der Waals surface area contributed by atoms with Crippen LogP contribution in [0.3, 0.4) is 0 Å². The lowest BCUT2D eigenvalue weighted by atomic mass is 10.3. The van der Waals surface area contributed by atoms with Gasteiger partial charge in [0.05, 0.1) is 15.0 Å². The third-order valence-electron chi connectivity index (χ3n) is 2.09. The van der Waals surface area contributed by atoms with E-state index in [1.807, 2.05) is 5.16 Å². The number of hydrogen-bond donors (Lipinski definition) is 0. The van der Waals surface area contributed by atoms with Crippen molar-refractivity contribution in [2.24, 2.45) is 4.99 Å². The Morgan fingerprint density at radius 2 is 2.06 bits per heavy atom. The molecular formula is C9H9N3O4S2. The summed E-state index contributed by atoms with van der Waals surface area (Å²) in [6.07, 6.45) is 0. The molecule has 1 rings (SSSR count). The van der Waals surface area contributed by atoms with Crippen molar-refractivity contribution >= 4 is 38.8 Å². The molecule has 7 nitrogen and oxygen atoms in total. The van der Waals surface area contributed by atoms with Gasteiger partial charge in [-0.25, -0.2) is 12.7 Å². The Hall–Kier alpha value is -1.67. The van der Waals surface area contributed by atoms with Crippen LogP contribution in [0.1, 0.15) is 0 Å². The van der Waals surface area contributed by atoms with Crippen LogP contribution < -0.4 is 0 Å². The first-order chi connectivity index (χ1) is 8.30. The Morgan fingerprint density at radius 3 is 2.50 bits per heavy atom. The van der Waals surface area contributed by atoms with Gasteiger partial charge in [0, 0.05) is 20.2 Å². The van der Waals surface area contributed by atoms with Gasteiger partial charge in [-0.05, 0) is 24.4 Å². The van der Waals surface area contributed by atoms with Crippen LogP contribution in [0.15, 0.2) is 28.1 Å². The molecule has 0 saturated heterocycles. The topological polar surface area (TPSA) is 92.9 Å². The molecule has 1 aromatic rings. The lowest BCUT2D eigenvalue weighted by Crippen LogP contribution is -2.22. The third kappa shape index (κ3) is 2.77. The van der Waals surface area contributed by atoms with Gasteiger partial charge in [-0.3, -0.25) is 10.1 Å². The van der Waals surface area contributed by atoms with Crippen LogP contribution in [0.2, 0.25) is 0 Å². The van der Waals surface area contributed by atoms with Gasteiger partial charge >= 0.3 is 0 Å². The number of aliphatic imine (C=N–C) groups is 1. The van der Waals surface area contributed by atoms with Gasteiger partial charge in [0.15, 0.2) is 5.69 Å². The van der Waals surface area contributed by atoms with E-state index in [4.69, 9.17) is 0 Å². The predicted molar refractivity (Wildman–Crippen MR) is 68.7 cm³/mol. The van der Waals surface area contributed by atoms with Crippen molar-refractivity contribution in [1.82, 2.24) is 4.31 Å². The minimum atomic E-state index is -3.72. The number of nitro benzene ring substituents is 1. The molecule has 0 amide bonds. The minimum absolute atomic E-state index is 0.0345. The van der Waals surface area contributed by atoms with Crippen molar-refractivity contribution in [2.45, 2.75) is 4.90 Å². The monoisotopic (exact) mass is 287 g/mol. The molecule has 1 aromatic carbocycles. The Labute approximate surface area is 109 Å². The smallest absolute Gasteiger partial charge is 0.258 e. The van der Waals surface area contributed by atoms with Crippen LogP contribution in [0.5, 0.6) is 0 Å². The molecule has 0 bridgehead atoms. The van der Waals surface area contributed by atoms with E-state index in [9.17, 15) is 18.5 Å². The maximum Gasteiger partial charge on any atom is 0.297 e. The van der Waals surface area contributed by atoms with E-state index in [0.717, 1.165) is 10.4 Å². The van der Waals surface area contributed by atoms with Crippen molar-refractivity contribution in [3.05, 3.63) is 28.3 Å². The molecule has 0 N–H and O–H groups in total. The highest BCUT2D eigenvalue weighted by atomic mass is 32.2. The lowest BCUT2D eigenvalue weighted by Gasteiger charge is -2.11. The molecule has 0 fully saturated rings. The van der Waals surface area contributed by atoms with Crippen LogP contribution in [0.4, 0.5) is 11.4 Å². The maximum absolute atomic E-state index is 11.8. The quantitative estimate of drug-likeness (QED) is 0.363. The van der Waals surface area contributed by atoms with E-state index in [-0.39, 0.29) is 10.6 Å². The van der Waals surface area contributed by atoms with Crippen LogP contribution in [0.25, 0.3) is 0 Å². The predicted octanol–water partition coefficient (Wildman–Crippen LogP) is 1.58. The van der Waals surface area contributed by atoms with Crippen molar-refractivity contribution in [3.63, 3.8) is 0 Å². The summed E-state index contributed by atoms with van der Waals surface area (Å²) in [5.74, 6) is 0. The first-order valence-electron chi connectivity index (χ1n) is 4.59. The summed E-state index contributed by atoms with van der Waals surface area (Å²) in [7, 11) is -1.05.